The Kier molecular flexibility index (Phi) is 8.16. The van der Waals surface area contributed by atoms with E-state index in [4.69, 9.17) is 16.3 Å². The van der Waals surface area contributed by atoms with Crippen molar-refractivity contribution in [2.75, 3.05) is 6.61 Å². The van der Waals surface area contributed by atoms with Crippen molar-refractivity contribution in [3.8, 4) is 0 Å². The minimum Gasteiger partial charge on any atom is -0.466 e. The van der Waals surface area contributed by atoms with Crippen molar-refractivity contribution >= 4 is 23.5 Å². The lowest BCUT2D eigenvalue weighted by Gasteiger charge is -2.19. The van der Waals surface area contributed by atoms with Crippen LogP contribution in [-0.2, 0) is 20.7 Å². The third-order valence-electron chi connectivity index (χ3n) is 4.00. The maximum absolute atomic E-state index is 12.4. The summed E-state index contributed by atoms with van der Waals surface area (Å²) in [6.07, 6.45) is 2.02. The van der Waals surface area contributed by atoms with Crippen molar-refractivity contribution in [3.63, 3.8) is 0 Å². The third-order valence-corrected chi connectivity index (χ3v) is 4.35. The summed E-state index contributed by atoms with van der Waals surface area (Å²) in [5, 5.41) is 3.45. The number of benzene rings is 2. The number of carbonyl (C=O) groups excluding carboxylic acids is 2. The standard InChI is InChI=1S/C21H24ClNO3/c1-2-26-21(25)15-19(17-12-6-7-13-18(17)22)23-20(24)14-8-11-16-9-4-3-5-10-16/h3-7,9-10,12-13,19H,2,8,11,14-15H2,1H3,(H,23,24)/t19-/m0/s1. The van der Waals surface area contributed by atoms with Gasteiger partial charge in [0.25, 0.3) is 0 Å². The molecule has 0 aromatic heterocycles. The number of ether oxygens (including phenoxy) is 1. The van der Waals surface area contributed by atoms with Crippen molar-refractivity contribution in [2.45, 2.75) is 38.6 Å². The molecule has 0 aliphatic rings. The first-order valence-corrected chi connectivity index (χ1v) is 9.21. The van der Waals surface area contributed by atoms with Gasteiger partial charge < -0.3 is 10.1 Å². The van der Waals surface area contributed by atoms with Crippen molar-refractivity contribution in [2.24, 2.45) is 0 Å². The quantitative estimate of drug-likeness (QED) is 0.659. The number of esters is 1. The Morgan fingerprint density at radius 1 is 1.08 bits per heavy atom. The van der Waals surface area contributed by atoms with Crippen LogP contribution in [0.2, 0.25) is 5.02 Å². The summed E-state index contributed by atoms with van der Waals surface area (Å²) in [6, 6.07) is 16.8. The molecule has 26 heavy (non-hydrogen) atoms. The molecule has 0 fully saturated rings. The average Bonchev–Trinajstić information content (AvgIpc) is 2.63. The number of hydrogen-bond acceptors (Lipinski definition) is 3. The molecule has 2 aromatic rings. The summed E-state index contributed by atoms with van der Waals surface area (Å²) in [4.78, 5) is 24.3. The summed E-state index contributed by atoms with van der Waals surface area (Å²) < 4.78 is 5.02. The van der Waals surface area contributed by atoms with Gasteiger partial charge in [0, 0.05) is 11.4 Å². The van der Waals surface area contributed by atoms with Crippen LogP contribution >= 0.6 is 11.6 Å². The Bertz CT molecular complexity index is 718. The Labute approximate surface area is 159 Å². The SMILES string of the molecule is CCOC(=O)C[C@H](NC(=O)CCCc1ccccc1)c1ccccc1Cl. The van der Waals surface area contributed by atoms with Crippen molar-refractivity contribution in [3.05, 3.63) is 70.7 Å². The summed E-state index contributed by atoms with van der Waals surface area (Å²) in [6.45, 7) is 2.06. The Morgan fingerprint density at radius 2 is 1.77 bits per heavy atom. The highest BCUT2D eigenvalue weighted by Gasteiger charge is 2.21. The van der Waals surface area contributed by atoms with Crippen LogP contribution in [0.3, 0.4) is 0 Å². The second-order valence-corrected chi connectivity index (χ2v) is 6.40. The van der Waals surface area contributed by atoms with Gasteiger partial charge in [-0.15, -0.1) is 0 Å². The molecule has 0 aliphatic heterocycles. The van der Waals surface area contributed by atoms with E-state index in [9.17, 15) is 9.59 Å². The molecular weight excluding hydrogens is 350 g/mol. The molecule has 0 spiro atoms. The first-order chi connectivity index (χ1) is 12.6. The van der Waals surface area contributed by atoms with E-state index in [1.54, 1.807) is 13.0 Å². The van der Waals surface area contributed by atoms with Gasteiger partial charge in [-0.1, -0.05) is 60.1 Å². The number of rotatable bonds is 9. The zero-order valence-electron chi connectivity index (χ0n) is 14.9. The van der Waals surface area contributed by atoms with Gasteiger partial charge in [-0.05, 0) is 37.0 Å². The molecule has 138 valence electrons. The van der Waals surface area contributed by atoms with Crippen molar-refractivity contribution in [1.82, 2.24) is 5.32 Å². The van der Waals surface area contributed by atoms with Gasteiger partial charge in [0.2, 0.25) is 5.91 Å². The smallest absolute Gasteiger partial charge is 0.308 e. The zero-order valence-corrected chi connectivity index (χ0v) is 15.7. The number of halogens is 1. The molecule has 2 rings (SSSR count). The predicted molar refractivity (Wildman–Crippen MR) is 103 cm³/mol. The Balaban J connectivity index is 1.95. The Morgan fingerprint density at radius 3 is 2.46 bits per heavy atom. The van der Waals surface area contributed by atoms with Crippen molar-refractivity contribution < 1.29 is 14.3 Å². The van der Waals surface area contributed by atoms with Crippen LogP contribution in [0, 0.1) is 0 Å². The average molecular weight is 374 g/mol. The topological polar surface area (TPSA) is 55.4 Å². The van der Waals surface area contributed by atoms with E-state index >= 15 is 0 Å². The highest BCUT2D eigenvalue weighted by molar-refractivity contribution is 6.31. The van der Waals surface area contributed by atoms with Gasteiger partial charge >= 0.3 is 5.97 Å². The van der Waals surface area contributed by atoms with Crippen molar-refractivity contribution in [1.29, 1.82) is 0 Å². The van der Waals surface area contributed by atoms with Crippen LogP contribution in [0.25, 0.3) is 0 Å². The fourth-order valence-corrected chi connectivity index (χ4v) is 3.01. The fourth-order valence-electron chi connectivity index (χ4n) is 2.75. The van der Waals surface area contributed by atoms with Crippen LogP contribution in [-0.4, -0.2) is 18.5 Å². The summed E-state index contributed by atoms with van der Waals surface area (Å²) in [7, 11) is 0. The van der Waals surface area contributed by atoms with E-state index in [0.717, 1.165) is 18.4 Å². The predicted octanol–water partition coefficient (Wildman–Crippen LogP) is 4.47. The van der Waals surface area contributed by atoms with E-state index in [-0.39, 0.29) is 18.3 Å². The van der Waals surface area contributed by atoms with E-state index in [2.05, 4.69) is 5.32 Å². The molecule has 0 aliphatic carbocycles. The second-order valence-electron chi connectivity index (χ2n) is 5.99. The summed E-state index contributed by atoms with van der Waals surface area (Å²) in [5.74, 6) is -0.461. The van der Waals surface area contributed by atoms with Gasteiger partial charge in [0.05, 0.1) is 19.1 Å². The van der Waals surface area contributed by atoms with Gasteiger partial charge in [-0.25, -0.2) is 0 Å². The lowest BCUT2D eigenvalue weighted by atomic mass is 10.0. The molecule has 0 unspecified atom stereocenters. The molecule has 0 saturated heterocycles. The van der Waals surface area contributed by atoms with E-state index < -0.39 is 6.04 Å². The molecule has 0 bridgehead atoms. The molecule has 1 atom stereocenters. The van der Waals surface area contributed by atoms with Gasteiger partial charge in [0.1, 0.15) is 0 Å². The van der Waals surface area contributed by atoms with Crippen LogP contribution in [0.5, 0.6) is 0 Å². The molecule has 2 aromatic carbocycles. The minimum atomic E-state index is -0.494. The monoisotopic (exact) mass is 373 g/mol. The van der Waals surface area contributed by atoms with E-state index in [1.807, 2.05) is 48.5 Å². The lowest BCUT2D eigenvalue weighted by molar-refractivity contribution is -0.143. The number of hydrogen-bond donors (Lipinski definition) is 1. The maximum Gasteiger partial charge on any atom is 0.308 e. The highest BCUT2D eigenvalue weighted by Crippen LogP contribution is 2.25. The Hall–Kier alpha value is -2.33. The van der Waals surface area contributed by atoms with E-state index in [0.29, 0.717) is 18.1 Å². The number of amides is 1. The molecular formula is C21H24ClNO3. The molecule has 1 N–H and O–H groups in total. The number of nitrogens with one attached hydrogen (secondary N) is 1. The molecule has 0 saturated carbocycles. The highest BCUT2D eigenvalue weighted by atomic mass is 35.5. The lowest BCUT2D eigenvalue weighted by Crippen LogP contribution is -2.30. The van der Waals surface area contributed by atoms with Crippen LogP contribution in [0.15, 0.2) is 54.6 Å². The first-order valence-electron chi connectivity index (χ1n) is 8.83. The van der Waals surface area contributed by atoms with Crippen LogP contribution < -0.4 is 5.32 Å². The third kappa shape index (κ3) is 6.52. The largest absolute Gasteiger partial charge is 0.466 e. The number of aryl methyl sites for hydroxylation is 1. The maximum atomic E-state index is 12.4. The molecule has 4 nitrogen and oxygen atoms in total. The molecule has 1 amide bonds. The summed E-state index contributed by atoms with van der Waals surface area (Å²) in [5.41, 5.74) is 1.92. The normalized spacial score (nSPS) is 11.6. The molecule has 0 radical (unpaired) electrons. The fraction of sp³-hybridized carbons (Fsp3) is 0.333. The van der Waals surface area contributed by atoms with Gasteiger partial charge in [-0.3, -0.25) is 9.59 Å². The zero-order chi connectivity index (χ0) is 18.8. The number of carbonyl (C=O) groups is 2. The van der Waals surface area contributed by atoms with Crippen LogP contribution in [0.1, 0.15) is 43.4 Å². The van der Waals surface area contributed by atoms with Gasteiger partial charge in [0.15, 0.2) is 0 Å². The van der Waals surface area contributed by atoms with Crippen LogP contribution in [0.4, 0.5) is 0 Å². The molecule has 0 heterocycles. The minimum absolute atomic E-state index is 0.0575. The molecule has 5 heteroatoms. The van der Waals surface area contributed by atoms with Gasteiger partial charge in [-0.2, -0.15) is 0 Å². The summed E-state index contributed by atoms with van der Waals surface area (Å²) >= 11 is 6.24. The van der Waals surface area contributed by atoms with E-state index in [1.165, 1.54) is 5.56 Å². The first kappa shape index (κ1) is 20.0. The second kappa shape index (κ2) is 10.6.